The number of ether oxygens (including phenoxy) is 2. The molecule has 1 aromatic carbocycles. The smallest absolute Gasteiger partial charge is 0.405 e. The first-order valence-electron chi connectivity index (χ1n) is 11.5. The quantitative estimate of drug-likeness (QED) is 0.393. The van der Waals surface area contributed by atoms with E-state index in [0.29, 0.717) is 23.1 Å². The Morgan fingerprint density at radius 1 is 1.20 bits per heavy atom. The second-order valence-electron chi connectivity index (χ2n) is 9.12. The van der Waals surface area contributed by atoms with Gasteiger partial charge in [0.25, 0.3) is 5.89 Å². The fourth-order valence-corrected chi connectivity index (χ4v) is 3.95. The van der Waals surface area contributed by atoms with Gasteiger partial charge in [-0.2, -0.15) is 10.1 Å². The van der Waals surface area contributed by atoms with E-state index in [-0.39, 0.29) is 13.2 Å². The Bertz CT molecular complexity index is 1340. The van der Waals surface area contributed by atoms with Crippen LogP contribution in [0.3, 0.4) is 0 Å². The van der Waals surface area contributed by atoms with Crippen molar-refractivity contribution < 1.29 is 28.3 Å². The van der Waals surface area contributed by atoms with E-state index in [4.69, 9.17) is 18.4 Å². The molecule has 5 rings (SSSR count). The second-order valence-corrected chi connectivity index (χ2v) is 9.12. The number of unbranched alkanes of at least 4 members (excludes halogenated alkanes) is 1. The van der Waals surface area contributed by atoms with Crippen LogP contribution in [0, 0.1) is 0 Å². The zero-order chi connectivity index (χ0) is 24.6. The fourth-order valence-electron chi connectivity index (χ4n) is 3.95. The molecule has 1 fully saturated rings. The van der Waals surface area contributed by atoms with Crippen LogP contribution < -0.4 is 5.32 Å². The number of carbonyl (C=O) groups is 1. The normalized spacial score (nSPS) is 17.0. The van der Waals surface area contributed by atoms with Crippen molar-refractivity contribution in [1.29, 1.82) is 0 Å². The lowest BCUT2D eigenvalue weighted by Gasteiger charge is -2.41. The summed E-state index contributed by atoms with van der Waals surface area (Å²) in [7, 11) is 0. The fraction of sp³-hybridized carbons (Fsp3) is 0.417. The van der Waals surface area contributed by atoms with Gasteiger partial charge in [0.05, 0.1) is 25.0 Å². The van der Waals surface area contributed by atoms with Gasteiger partial charge < -0.3 is 28.8 Å². The molecule has 0 spiro atoms. The third kappa shape index (κ3) is 4.64. The molecule has 11 nitrogen and oxygen atoms in total. The topological polar surface area (TPSA) is 138 Å². The van der Waals surface area contributed by atoms with Gasteiger partial charge in [-0.05, 0) is 44.5 Å². The second kappa shape index (κ2) is 8.82. The third-order valence-corrected chi connectivity index (χ3v) is 5.97. The van der Waals surface area contributed by atoms with E-state index < -0.39 is 17.4 Å². The standard InChI is InChI=1S/C24H27N5O6/c1-4-5-8-29-12-17(11-25-29)21-26-20(28-35-21)15-6-7-18-16(9-15)10-19(34-18)24(27-22(30)31)13-32-23(2,3)33-14-24/h6-7,9-12,27H,4-5,8,13-14H2,1-3H3,(H,30,31). The average Bonchev–Trinajstić information content (AvgIpc) is 3.57. The first-order valence-corrected chi connectivity index (χ1v) is 11.5. The van der Waals surface area contributed by atoms with Crippen molar-refractivity contribution in [3.05, 3.63) is 42.4 Å². The van der Waals surface area contributed by atoms with Gasteiger partial charge in [-0.3, -0.25) is 4.68 Å². The lowest BCUT2D eigenvalue weighted by atomic mass is 9.96. The monoisotopic (exact) mass is 481 g/mol. The summed E-state index contributed by atoms with van der Waals surface area (Å²) in [5.74, 6) is 0.400. The summed E-state index contributed by atoms with van der Waals surface area (Å²) in [5, 5.41) is 21.2. The number of fused-ring (bicyclic) bond motifs is 1. The van der Waals surface area contributed by atoms with Gasteiger partial charge in [-0.15, -0.1) is 0 Å². The van der Waals surface area contributed by atoms with E-state index >= 15 is 0 Å². The van der Waals surface area contributed by atoms with Crippen molar-refractivity contribution in [1.82, 2.24) is 25.2 Å². The zero-order valence-corrected chi connectivity index (χ0v) is 19.8. The number of furan rings is 1. The number of carboxylic acid groups (broad SMARTS) is 1. The minimum atomic E-state index is -1.20. The number of nitrogens with one attached hydrogen (secondary N) is 1. The minimum Gasteiger partial charge on any atom is -0.465 e. The van der Waals surface area contributed by atoms with E-state index in [9.17, 15) is 9.90 Å². The van der Waals surface area contributed by atoms with Gasteiger partial charge in [0.1, 0.15) is 16.9 Å². The van der Waals surface area contributed by atoms with Gasteiger partial charge >= 0.3 is 6.09 Å². The maximum absolute atomic E-state index is 11.5. The van der Waals surface area contributed by atoms with Gasteiger partial charge in [0.2, 0.25) is 5.82 Å². The highest BCUT2D eigenvalue weighted by Crippen LogP contribution is 2.35. The highest BCUT2D eigenvalue weighted by Gasteiger charge is 2.45. The van der Waals surface area contributed by atoms with E-state index in [2.05, 4.69) is 27.5 Å². The van der Waals surface area contributed by atoms with Gasteiger partial charge in [-0.25, -0.2) is 4.79 Å². The van der Waals surface area contributed by atoms with E-state index in [0.717, 1.165) is 35.9 Å². The van der Waals surface area contributed by atoms with Crippen LogP contribution in [0.25, 0.3) is 33.8 Å². The van der Waals surface area contributed by atoms with Crippen LogP contribution in [0.4, 0.5) is 4.79 Å². The van der Waals surface area contributed by atoms with Crippen LogP contribution in [0.15, 0.2) is 45.6 Å². The molecular formula is C24H27N5O6. The van der Waals surface area contributed by atoms with E-state index in [1.54, 1.807) is 32.2 Å². The van der Waals surface area contributed by atoms with Crippen LogP contribution >= 0.6 is 0 Å². The summed E-state index contributed by atoms with van der Waals surface area (Å²) in [6.07, 6.45) is 4.54. The van der Waals surface area contributed by atoms with Crippen molar-refractivity contribution in [3.63, 3.8) is 0 Å². The molecule has 1 saturated heterocycles. The van der Waals surface area contributed by atoms with Gasteiger partial charge in [0.15, 0.2) is 5.79 Å². The molecule has 1 amide bonds. The SMILES string of the molecule is CCCCn1cc(-c2nc(-c3ccc4oc(C5(NC(=O)O)COC(C)(C)OC5)cc4c3)no2)cn1. The molecular weight excluding hydrogens is 454 g/mol. The first kappa shape index (κ1) is 23.1. The summed E-state index contributed by atoms with van der Waals surface area (Å²) in [5.41, 5.74) is 0.905. The molecule has 0 saturated carbocycles. The zero-order valence-electron chi connectivity index (χ0n) is 19.8. The molecule has 0 unspecified atom stereocenters. The van der Waals surface area contributed by atoms with E-state index in [1.807, 2.05) is 23.0 Å². The average molecular weight is 482 g/mol. The van der Waals surface area contributed by atoms with Gasteiger partial charge in [-0.1, -0.05) is 18.5 Å². The molecule has 35 heavy (non-hydrogen) atoms. The molecule has 0 aliphatic carbocycles. The van der Waals surface area contributed by atoms with E-state index in [1.165, 1.54) is 0 Å². The Kier molecular flexibility index (Phi) is 5.81. The first-order chi connectivity index (χ1) is 16.8. The van der Waals surface area contributed by atoms with Crippen molar-refractivity contribution in [2.24, 2.45) is 0 Å². The van der Waals surface area contributed by atoms with Crippen molar-refractivity contribution >= 4 is 17.1 Å². The lowest BCUT2D eigenvalue weighted by molar-refractivity contribution is -0.274. The summed E-state index contributed by atoms with van der Waals surface area (Å²) in [4.78, 5) is 16.1. The number of aryl methyl sites for hydroxylation is 1. The number of rotatable bonds is 7. The molecule has 3 aromatic heterocycles. The number of benzene rings is 1. The van der Waals surface area contributed by atoms with Crippen molar-refractivity contribution in [2.75, 3.05) is 13.2 Å². The predicted molar refractivity (Wildman–Crippen MR) is 124 cm³/mol. The Morgan fingerprint density at radius 2 is 2.00 bits per heavy atom. The number of hydrogen-bond acceptors (Lipinski definition) is 8. The van der Waals surface area contributed by atoms with Crippen LogP contribution in [-0.4, -0.2) is 50.1 Å². The van der Waals surface area contributed by atoms with Crippen LogP contribution in [-0.2, 0) is 21.6 Å². The Balaban J connectivity index is 1.42. The largest absolute Gasteiger partial charge is 0.465 e. The number of aromatic nitrogens is 4. The molecule has 1 aliphatic rings. The highest BCUT2D eigenvalue weighted by atomic mass is 16.7. The Hall–Kier alpha value is -3.70. The molecule has 2 N–H and O–H groups in total. The lowest BCUT2D eigenvalue weighted by Crippen LogP contribution is -2.58. The molecule has 4 aromatic rings. The van der Waals surface area contributed by atoms with Crippen molar-refractivity contribution in [2.45, 2.75) is 51.5 Å². The van der Waals surface area contributed by atoms with Crippen LogP contribution in [0.2, 0.25) is 0 Å². The van der Waals surface area contributed by atoms with Crippen LogP contribution in [0.1, 0.15) is 39.4 Å². The summed E-state index contributed by atoms with van der Waals surface area (Å²) in [6, 6.07) is 7.25. The summed E-state index contributed by atoms with van der Waals surface area (Å²) < 4.78 is 24.8. The molecule has 0 bridgehead atoms. The summed E-state index contributed by atoms with van der Waals surface area (Å²) >= 11 is 0. The predicted octanol–water partition coefficient (Wildman–Crippen LogP) is 4.39. The highest BCUT2D eigenvalue weighted by molar-refractivity contribution is 5.83. The molecule has 11 heteroatoms. The Morgan fingerprint density at radius 3 is 2.74 bits per heavy atom. The molecule has 184 valence electrons. The molecule has 0 radical (unpaired) electrons. The maximum Gasteiger partial charge on any atom is 0.405 e. The minimum absolute atomic E-state index is 0.0686. The third-order valence-electron chi connectivity index (χ3n) is 5.97. The molecule has 1 aliphatic heterocycles. The molecule has 4 heterocycles. The number of hydrogen-bond donors (Lipinski definition) is 2. The number of amides is 1. The van der Waals surface area contributed by atoms with Crippen molar-refractivity contribution in [3.8, 4) is 22.8 Å². The van der Waals surface area contributed by atoms with Gasteiger partial charge in [0, 0.05) is 23.7 Å². The summed E-state index contributed by atoms with van der Waals surface area (Å²) in [6.45, 7) is 6.66. The van der Waals surface area contributed by atoms with Crippen LogP contribution in [0.5, 0.6) is 0 Å². The Labute approximate surface area is 201 Å². The number of nitrogens with zero attached hydrogens (tertiary/aromatic N) is 4. The molecule has 0 atom stereocenters. The maximum atomic E-state index is 11.5.